The molecule has 0 spiro atoms. The molecule has 0 bridgehead atoms. The third-order valence-electron chi connectivity index (χ3n) is 2.47. The number of hydrogen-bond donors (Lipinski definition) is 2. The third-order valence-corrected chi connectivity index (χ3v) is 3.45. The molecule has 1 amide bonds. The Balaban J connectivity index is 4.23. The van der Waals surface area contributed by atoms with Crippen molar-refractivity contribution in [2.75, 3.05) is 12.0 Å². The largest absolute Gasteiger partial charge is 0.350 e. The topological polar surface area (TPSA) is 89.3 Å². The Bertz CT molecular complexity index is 350. The van der Waals surface area contributed by atoms with E-state index in [1.807, 2.05) is 20.8 Å². The molecule has 0 fully saturated rings. The maximum atomic E-state index is 11.7. The molecule has 0 radical (unpaired) electrons. The van der Waals surface area contributed by atoms with Crippen molar-refractivity contribution < 1.29 is 13.2 Å². The molecule has 0 saturated heterocycles. The van der Waals surface area contributed by atoms with Crippen LogP contribution in [0.4, 0.5) is 0 Å². The normalized spacial score (nSPS) is 14.4. The zero-order valence-electron chi connectivity index (χ0n) is 11.1. The maximum absolute atomic E-state index is 11.7. The number of carbonyl (C=O) groups is 1. The first-order valence-electron chi connectivity index (χ1n) is 5.83. The second kappa shape index (κ2) is 6.35. The van der Waals surface area contributed by atoms with Gasteiger partial charge in [-0.3, -0.25) is 4.79 Å². The third kappa shape index (κ3) is 8.15. The molecule has 102 valence electrons. The van der Waals surface area contributed by atoms with Crippen LogP contribution in [0.3, 0.4) is 0 Å². The Labute approximate surface area is 104 Å². The van der Waals surface area contributed by atoms with Crippen LogP contribution in [0.1, 0.15) is 40.0 Å². The minimum atomic E-state index is -3.07. The van der Waals surface area contributed by atoms with Gasteiger partial charge in [-0.25, -0.2) is 8.42 Å². The average molecular weight is 264 g/mol. The second-order valence-corrected chi connectivity index (χ2v) is 7.41. The molecule has 0 aliphatic carbocycles. The molecule has 17 heavy (non-hydrogen) atoms. The van der Waals surface area contributed by atoms with Crippen LogP contribution in [-0.2, 0) is 14.6 Å². The van der Waals surface area contributed by atoms with Crippen molar-refractivity contribution in [3.8, 4) is 0 Å². The van der Waals surface area contributed by atoms with Gasteiger partial charge in [-0.2, -0.15) is 0 Å². The molecule has 3 N–H and O–H groups in total. The molecule has 0 aromatic carbocycles. The lowest BCUT2D eigenvalue weighted by Crippen LogP contribution is -2.50. The highest BCUT2D eigenvalue weighted by Gasteiger charge is 2.23. The minimum Gasteiger partial charge on any atom is -0.350 e. The smallest absolute Gasteiger partial charge is 0.237 e. The Morgan fingerprint density at radius 2 is 1.94 bits per heavy atom. The van der Waals surface area contributed by atoms with E-state index in [1.54, 1.807) is 0 Å². The standard InChI is InChI=1S/C11H24N2O3S/c1-5-7-11(2,3)13-10(14)9(12)6-8-17(4,15)16/h9H,5-8,12H2,1-4H3,(H,13,14). The van der Waals surface area contributed by atoms with E-state index in [1.165, 1.54) is 0 Å². The van der Waals surface area contributed by atoms with E-state index in [0.717, 1.165) is 19.1 Å². The van der Waals surface area contributed by atoms with E-state index in [2.05, 4.69) is 5.32 Å². The summed E-state index contributed by atoms with van der Waals surface area (Å²) in [4.78, 5) is 11.7. The van der Waals surface area contributed by atoms with Crippen molar-refractivity contribution in [2.45, 2.75) is 51.6 Å². The second-order valence-electron chi connectivity index (χ2n) is 5.15. The van der Waals surface area contributed by atoms with E-state index in [-0.39, 0.29) is 23.6 Å². The van der Waals surface area contributed by atoms with Crippen molar-refractivity contribution in [3.63, 3.8) is 0 Å². The first-order valence-corrected chi connectivity index (χ1v) is 7.89. The van der Waals surface area contributed by atoms with Crippen LogP contribution >= 0.6 is 0 Å². The van der Waals surface area contributed by atoms with Gasteiger partial charge in [0.15, 0.2) is 0 Å². The lowest BCUT2D eigenvalue weighted by molar-refractivity contribution is -0.124. The Kier molecular flexibility index (Phi) is 6.12. The number of amides is 1. The predicted molar refractivity (Wildman–Crippen MR) is 69.4 cm³/mol. The molecule has 1 atom stereocenters. The van der Waals surface area contributed by atoms with E-state index in [9.17, 15) is 13.2 Å². The summed E-state index contributed by atoms with van der Waals surface area (Å²) in [6, 6.07) is -0.763. The van der Waals surface area contributed by atoms with Gasteiger partial charge in [-0.1, -0.05) is 13.3 Å². The Morgan fingerprint density at radius 3 is 2.35 bits per heavy atom. The molecule has 0 aromatic heterocycles. The van der Waals surface area contributed by atoms with Crippen molar-refractivity contribution in [2.24, 2.45) is 5.73 Å². The fraction of sp³-hybridized carbons (Fsp3) is 0.909. The molecule has 1 unspecified atom stereocenters. The predicted octanol–water partition coefficient (Wildman–Crippen LogP) is 0.443. The first kappa shape index (κ1) is 16.4. The van der Waals surface area contributed by atoms with Crippen molar-refractivity contribution in [3.05, 3.63) is 0 Å². The molecule has 0 aromatic rings. The van der Waals surface area contributed by atoms with Gasteiger partial charge in [0, 0.05) is 11.8 Å². The van der Waals surface area contributed by atoms with Gasteiger partial charge in [0.2, 0.25) is 5.91 Å². The van der Waals surface area contributed by atoms with Crippen LogP contribution in [0.2, 0.25) is 0 Å². The molecule has 0 saturated carbocycles. The molecule has 0 rings (SSSR count). The van der Waals surface area contributed by atoms with Gasteiger partial charge >= 0.3 is 0 Å². The summed E-state index contributed by atoms with van der Waals surface area (Å²) in [6.07, 6.45) is 3.12. The Hall–Kier alpha value is -0.620. The molecule has 5 nitrogen and oxygen atoms in total. The number of hydrogen-bond acceptors (Lipinski definition) is 4. The highest BCUT2D eigenvalue weighted by Crippen LogP contribution is 2.11. The van der Waals surface area contributed by atoms with Gasteiger partial charge in [0.25, 0.3) is 0 Å². The van der Waals surface area contributed by atoms with E-state index >= 15 is 0 Å². The van der Waals surface area contributed by atoms with Crippen LogP contribution in [0.25, 0.3) is 0 Å². The molecular weight excluding hydrogens is 240 g/mol. The van der Waals surface area contributed by atoms with E-state index in [0.29, 0.717) is 0 Å². The lowest BCUT2D eigenvalue weighted by atomic mass is 9.98. The highest BCUT2D eigenvalue weighted by molar-refractivity contribution is 7.90. The van der Waals surface area contributed by atoms with Crippen LogP contribution in [-0.4, -0.2) is 37.9 Å². The summed E-state index contributed by atoms with van der Waals surface area (Å²) >= 11 is 0. The number of nitrogens with two attached hydrogens (primary N) is 1. The summed E-state index contributed by atoms with van der Waals surface area (Å²) < 4.78 is 21.9. The summed E-state index contributed by atoms with van der Waals surface area (Å²) in [7, 11) is -3.07. The average Bonchev–Trinajstić information content (AvgIpc) is 2.11. The van der Waals surface area contributed by atoms with Crippen molar-refractivity contribution in [1.82, 2.24) is 5.32 Å². The fourth-order valence-electron chi connectivity index (χ4n) is 1.59. The number of carbonyl (C=O) groups excluding carboxylic acids is 1. The zero-order valence-corrected chi connectivity index (χ0v) is 11.9. The molecular formula is C11H24N2O3S. The molecule has 0 aliphatic rings. The SMILES string of the molecule is CCCC(C)(C)NC(=O)C(N)CCS(C)(=O)=O. The lowest BCUT2D eigenvalue weighted by Gasteiger charge is -2.27. The van der Waals surface area contributed by atoms with Gasteiger partial charge in [0.05, 0.1) is 11.8 Å². The summed E-state index contributed by atoms with van der Waals surface area (Å²) in [5.74, 6) is -0.345. The quantitative estimate of drug-likeness (QED) is 0.698. The van der Waals surface area contributed by atoms with Crippen LogP contribution in [0.5, 0.6) is 0 Å². The first-order chi connectivity index (χ1) is 7.57. The van der Waals surface area contributed by atoms with E-state index < -0.39 is 15.9 Å². The van der Waals surface area contributed by atoms with Crippen LogP contribution in [0.15, 0.2) is 0 Å². The number of sulfone groups is 1. The van der Waals surface area contributed by atoms with Crippen LogP contribution in [0, 0.1) is 0 Å². The maximum Gasteiger partial charge on any atom is 0.237 e. The van der Waals surface area contributed by atoms with Gasteiger partial charge in [-0.15, -0.1) is 0 Å². The molecule has 0 aliphatic heterocycles. The Morgan fingerprint density at radius 1 is 1.41 bits per heavy atom. The van der Waals surface area contributed by atoms with Crippen molar-refractivity contribution in [1.29, 1.82) is 0 Å². The van der Waals surface area contributed by atoms with Gasteiger partial charge in [-0.05, 0) is 26.7 Å². The number of nitrogens with one attached hydrogen (secondary N) is 1. The molecule has 0 heterocycles. The number of rotatable bonds is 7. The monoisotopic (exact) mass is 264 g/mol. The van der Waals surface area contributed by atoms with Gasteiger partial charge < -0.3 is 11.1 Å². The van der Waals surface area contributed by atoms with Crippen molar-refractivity contribution >= 4 is 15.7 Å². The summed E-state index contributed by atoms with van der Waals surface area (Å²) in [5.41, 5.74) is 5.35. The van der Waals surface area contributed by atoms with Crippen LogP contribution < -0.4 is 11.1 Å². The summed E-state index contributed by atoms with van der Waals surface area (Å²) in [5, 5.41) is 2.83. The zero-order chi connectivity index (χ0) is 13.7. The highest BCUT2D eigenvalue weighted by atomic mass is 32.2. The molecule has 6 heteroatoms. The minimum absolute atomic E-state index is 0.0597. The fourth-order valence-corrected chi connectivity index (χ4v) is 2.27. The van der Waals surface area contributed by atoms with Gasteiger partial charge in [0.1, 0.15) is 9.84 Å². The van der Waals surface area contributed by atoms with E-state index in [4.69, 9.17) is 5.73 Å². The summed E-state index contributed by atoms with van der Waals surface area (Å²) in [6.45, 7) is 5.90.